The maximum atomic E-state index is 13.5. The Labute approximate surface area is 315 Å². The summed E-state index contributed by atoms with van der Waals surface area (Å²) in [6, 6.07) is 34.8. The van der Waals surface area contributed by atoms with Gasteiger partial charge in [-0.05, 0) is 79.1 Å². The van der Waals surface area contributed by atoms with Gasteiger partial charge in [0.1, 0.15) is 17.7 Å². The number of nitrogens with one attached hydrogen (secondary N) is 2. The predicted octanol–water partition coefficient (Wildman–Crippen LogP) is 7.70. The predicted molar refractivity (Wildman–Crippen MR) is 210 cm³/mol. The molecule has 0 aliphatic carbocycles. The van der Waals surface area contributed by atoms with Crippen molar-refractivity contribution >= 4 is 11.8 Å². The van der Waals surface area contributed by atoms with E-state index < -0.39 is 6.04 Å². The second kappa shape index (κ2) is 15.4. The van der Waals surface area contributed by atoms with E-state index in [0.29, 0.717) is 6.54 Å². The molecule has 2 fully saturated rings. The van der Waals surface area contributed by atoms with Crippen LogP contribution in [0, 0.1) is 11.8 Å². The Kier molecular flexibility index (Phi) is 9.93. The number of imidazole rings is 2. The van der Waals surface area contributed by atoms with Crippen LogP contribution < -0.4 is 5.73 Å². The number of amides is 2. The lowest BCUT2D eigenvalue weighted by Crippen LogP contribution is -2.38. The minimum absolute atomic E-state index is 0.0535. The standard InChI is InChI=1S/C45H43N7O2/c1-30(33-10-4-2-5-11-33)44(53)51-26-8-14-39(51)42-47-28-37(49-42)34-22-18-31(19-23-34)16-17-32-20-24-35(25-21-32)38-29-48-43(50-38)40-15-9-27-52(40)45(54)41(46)36-12-6-3-7-13-36/h2-7,10-13,18-25,28-30,39-41H,8-9,14-15,26-27,46H2,1H3,(H,47,49)(H,48,50)/t30-,39+,40+,41-/m1/s1. The zero-order valence-electron chi connectivity index (χ0n) is 30.3. The van der Waals surface area contributed by atoms with Gasteiger partial charge in [-0.15, -0.1) is 0 Å². The van der Waals surface area contributed by atoms with Crippen molar-refractivity contribution in [2.75, 3.05) is 13.1 Å². The lowest BCUT2D eigenvalue weighted by Gasteiger charge is -2.26. The van der Waals surface area contributed by atoms with Gasteiger partial charge in [-0.3, -0.25) is 9.59 Å². The molecule has 0 radical (unpaired) electrons. The summed E-state index contributed by atoms with van der Waals surface area (Å²) >= 11 is 0. The number of nitrogens with zero attached hydrogens (tertiary/aromatic N) is 4. The molecule has 4 aromatic carbocycles. The number of hydrogen-bond donors (Lipinski definition) is 3. The van der Waals surface area contributed by atoms with Crippen LogP contribution in [-0.2, 0) is 9.59 Å². The van der Waals surface area contributed by atoms with Crippen LogP contribution in [0.1, 0.15) is 90.6 Å². The Morgan fingerprint density at radius 1 is 0.648 bits per heavy atom. The SMILES string of the molecule is C[C@@H](C(=O)N1CCC[C@H]1c1ncc(-c2ccc(C#Cc3ccc(-c4cnc([C@@H]5CCCN5C(=O)[C@H](N)c5ccccc5)[nH]4)cc3)cc2)[nH]1)c1ccccc1. The Morgan fingerprint density at radius 2 is 1.09 bits per heavy atom. The number of carbonyl (C=O) groups excluding carboxylic acids is 2. The van der Waals surface area contributed by atoms with Gasteiger partial charge >= 0.3 is 0 Å². The van der Waals surface area contributed by atoms with Crippen molar-refractivity contribution in [1.82, 2.24) is 29.7 Å². The second-order valence-electron chi connectivity index (χ2n) is 14.2. The zero-order valence-corrected chi connectivity index (χ0v) is 30.3. The Balaban J connectivity index is 0.891. The average Bonchev–Trinajstić information content (AvgIpc) is 4.07. The molecule has 2 saturated heterocycles. The van der Waals surface area contributed by atoms with Crippen molar-refractivity contribution in [2.45, 2.75) is 56.7 Å². The van der Waals surface area contributed by atoms with E-state index in [-0.39, 0.29) is 29.8 Å². The monoisotopic (exact) mass is 713 g/mol. The van der Waals surface area contributed by atoms with Crippen LogP contribution in [0.3, 0.4) is 0 Å². The second-order valence-corrected chi connectivity index (χ2v) is 14.2. The van der Waals surface area contributed by atoms with Gasteiger partial charge in [-0.1, -0.05) is 96.8 Å². The van der Waals surface area contributed by atoms with Crippen molar-refractivity contribution in [3.8, 4) is 34.4 Å². The fourth-order valence-electron chi connectivity index (χ4n) is 7.66. The first kappa shape index (κ1) is 34.8. The van der Waals surface area contributed by atoms with E-state index in [2.05, 4.69) is 26.8 Å². The number of aromatic nitrogens is 4. The van der Waals surface area contributed by atoms with Gasteiger partial charge in [0.05, 0.1) is 41.8 Å². The third kappa shape index (κ3) is 7.21. The molecule has 0 unspecified atom stereocenters. The molecule has 9 nitrogen and oxygen atoms in total. The van der Waals surface area contributed by atoms with Crippen LogP contribution in [0.4, 0.5) is 0 Å². The van der Waals surface area contributed by atoms with Crippen molar-refractivity contribution < 1.29 is 9.59 Å². The first-order valence-electron chi connectivity index (χ1n) is 18.7. The van der Waals surface area contributed by atoms with Crippen molar-refractivity contribution in [2.24, 2.45) is 5.73 Å². The fraction of sp³-hybridized carbons (Fsp3) is 0.244. The maximum absolute atomic E-state index is 13.5. The highest BCUT2D eigenvalue weighted by Gasteiger charge is 2.36. The molecule has 2 amide bonds. The van der Waals surface area contributed by atoms with Crippen LogP contribution in [0.15, 0.2) is 122 Å². The molecule has 2 aliphatic rings. The summed E-state index contributed by atoms with van der Waals surface area (Å²) in [5.41, 5.74) is 13.8. The van der Waals surface area contributed by atoms with E-state index in [9.17, 15) is 9.59 Å². The highest BCUT2D eigenvalue weighted by molar-refractivity contribution is 5.84. The smallest absolute Gasteiger partial charge is 0.244 e. The summed E-state index contributed by atoms with van der Waals surface area (Å²) < 4.78 is 0. The highest BCUT2D eigenvalue weighted by atomic mass is 16.2. The van der Waals surface area contributed by atoms with Gasteiger partial charge in [-0.2, -0.15) is 0 Å². The van der Waals surface area contributed by atoms with Crippen LogP contribution in [-0.4, -0.2) is 54.6 Å². The first-order valence-corrected chi connectivity index (χ1v) is 18.7. The van der Waals surface area contributed by atoms with E-state index in [0.717, 1.165) is 88.6 Å². The number of H-pyrrole nitrogens is 2. The third-order valence-electron chi connectivity index (χ3n) is 10.7. The van der Waals surface area contributed by atoms with Gasteiger partial charge < -0.3 is 25.5 Å². The van der Waals surface area contributed by atoms with E-state index >= 15 is 0 Å². The molecular weight excluding hydrogens is 671 g/mol. The molecule has 4 heterocycles. The van der Waals surface area contributed by atoms with Gasteiger partial charge in [-0.25, -0.2) is 9.97 Å². The Hall–Kier alpha value is -6.24. The van der Waals surface area contributed by atoms with Gasteiger partial charge in [0.25, 0.3) is 0 Å². The third-order valence-corrected chi connectivity index (χ3v) is 10.7. The molecule has 0 spiro atoms. The number of hydrogen-bond acceptors (Lipinski definition) is 5. The number of rotatable bonds is 8. The van der Waals surface area contributed by atoms with Gasteiger partial charge in [0.2, 0.25) is 11.8 Å². The lowest BCUT2D eigenvalue weighted by molar-refractivity contribution is -0.134. The molecule has 270 valence electrons. The highest BCUT2D eigenvalue weighted by Crippen LogP contribution is 2.35. The summed E-state index contributed by atoms with van der Waals surface area (Å²) in [6.45, 7) is 3.39. The molecule has 0 saturated carbocycles. The first-order chi connectivity index (χ1) is 26.4. The van der Waals surface area contributed by atoms with Crippen LogP contribution in [0.2, 0.25) is 0 Å². The van der Waals surface area contributed by atoms with Crippen LogP contribution in [0.25, 0.3) is 22.5 Å². The maximum Gasteiger partial charge on any atom is 0.244 e. The molecule has 6 aromatic rings. The average molecular weight is 714 g/mol. The summed E-state index contributed by atoms with van der Waals surface area (Å²) in [4.78, 5) is 47.0. The number of benzene rings is 4. The summed E-state index contributed by atoms with van der Waals surface area (Å²) in [5, 5.41) is 0. The molecule has 2 aromatic heterocycles. The molecule has 4 N–H and O–H groups in total. The normalized spacial score (nSPS) is 17.9. The summed E-state index contributed by atoms with van der Waals surface area (Å²) in [6.07, 6.45) is 7.29. The molecule has 54 heavy (non-hydrogen) atoms. The topological polar surface area (TPSA) is 124 Å². The van der Waals surface area contributed by atoms with Gasteiger partial charge in [0, 0.05) is 24.2 Å². The molecule has 4 atom stereocenters. The molecule has 8 rings (SSSR count). The fourth-order valence-corrected chi connectivity index (χ4v) is 7.66. The van der Waals surface area contributed by atoms with E-state index in [4.69, 9.17) is 10.7 Å². The molecule has 0 bridgehead atoms. The number of aromatic amines is 2. The quantitative estimate of drug-likeness (QED) is 0.140. The number of likely N-dealkylation sites (tertiary alicyclic amines) is 2. The van der Waals surface area contributed by atoms with E-state index in [1.165, 1.54) is 0 Å². The molecule has 2 aliphatic heterocycles. The van der Waals surface area contributed by atoms with Gasteiger partial charge in [0.15, 0.2) is 0 Å². The van der Waals surface area contributed by atoms with Crippen LogP contribution in [0.5, 0.6) is 0 Å². The van der Waals surface area contributed by atoms with E-state index in [1.807, 2.05) is 138 Å². The summed E-state index contributed by atoms with van der Waals surface area (Å²) in [5.74, 6) is 8.03. The van der Waals surface area contributed by atoms with Crippen molar-refractivity contribution in [3.05, 3.63) is 155 Å². The summed E-state index contributed by atoms with van der Waals surface area (Å²) in [7, 11) is 0. The van der Waals surface area contributed by atoms with Crippen LogP contribution >= 0.6 is 0 Å². The Bertz CT molecular complexity index is 2120. The largest absolute Gasteiger partial charge is 0.340 e. The molecular formula is C45H43N7O2. The van der Waals surface area contributed by atoms with Crippen molar-refractivity contribution in [1.29, 1.82) is 0 Å². The lowest BCUT2D eigenvalue weighted by atomic mass is 9.99. The van der Waals surface area contributed by atoms with E-state index in [1.54, 1.807) is 0 Å². The minimum atomic E-state index is -0.695. The minimum Gasteiger partial charge on any atom is -0.340 e. The molecule has 9 heteroatoms. The number of nitrogens with two attached hydrogens (primary N) is 1. The van der Waals surface area contributed by atoms with Crippen molar-refractivity contribution in [3.63, 3.8) is 0 Å². The number of carbonyl (C=O) groups is 2. The Morgan fingerprint density at radius 3 is 1.57 bits per heavy atom. The zero-order chi connectivity index (χ0) is 37.0.